The number of likely N-dealkylation sites (N-methyl/N-ethyl adjacent to an activating group) is 1. The Balaban J connectivity index is 1.51. The number of halogens is 2. The van der Waals surface area contributed by atoms with Crippen LogP contribution < -0.4 is 15.0 Å². The molecule has 5 rings (SSSR count). The molecular formula is C24H18F2N4O3. The van der Waals surface area contributed by atoms with E-state index in [1.165, 1.54) is 35.4 Å². The summed E-state index contributed by atoms with van der Waals surface area (Å²) in [6, 6.07) is 13.5. The van der Waals surface area contributed by atoms with Gasteiger partial charge in [0.15, 0.2) is 6.61 Å². The maximum absolute atomic E-state index is 13.8. The third kappa shape index (κ3) is 3.89. The van der Waals surface area contributed by atoms with Crippen molar-refractivity contribution in [2.75, 3.05) is 23.9 Å². The minimum absolute atomic E-state index is 0.0983. The second-order valence-corrected chi connectivity index (χ2v) is 7.69. The molecule has 0 bridgehead atoms. The molecular weight excluding hydrogens is 430 g/mol. The molecule has 2 aromatic heterocycles. The third-order valence-electron chi connectivity index (χ3n) is 5.48. The number of carbonyl (C=O) groups excluding carboxylic acids is 2. The predicted molar refractivity (Wildman–Crippen MR) is 118 cm³/mol. The van der Waals surface area contributed by atoms with E-state index in [0.717, 1.165) is 0 Å². The first kappa shape index (κ1) is 20.6. The molecule has 0 atom stereocenters. The largest absolute Gasteiger partial charge is 0.466 e. The number of carbonyl (C=O) groups is 2. The first-order valence-corrected chi connectivity index (χ1v) is 10.1. The number of rotatable bonds is 4. The number of fused-ring (bicyclic) bond motifs is 2. The van der Waals surface area contributed by atoms with Crippen LogP contribution in [0.5, 0.6) is 5.88 Å². The van der Waals surface area contributed by atoms with Crippen molar-refractivity contribution in [3.63, 3.8) is 0 Å². The predicted octanol–water partition coefficient (Wildman–Crippen LogP) is 3.97. The Labute approximate surface area is 187 Å². The molecule has 2 aromatic carbocycles. The fourth-order valence-corrected chi connectivity index (χ4v) is 3.83. The Morgan fingerprint density at radius 2 is 1.94 bits per heavy atom. The van der Waals surface area contributed by atoms with E-state index in [2.05, 4.69) is 10.3 Å². The molecule has 3 heterocycles. The van der Waals surface area contributed by atoms with Crippen molar-refractivity contribution in [2.24, 2.45) is 0 Å². The van der Waals surface area contributed by atoms with Crippen LogP contribution in [0, 0.1) is 11.6 Å². The van der Waals surface area contributed by atoms with E-state index >= 15 is 0 Å². The Kier molecular flexibility index (Phi) is 5.01. The van der Waals surface area contributed by atoms with Gasteiger partial charge in [-0.3, -0.25) is 9.59 Å². The van der Waals surface area contributed by atoms with Gasteiger partial charge in [-0.15, -0.1) is 0 Å². The molecule has 0 fully saturated rings. The van der Waals surface area contributed by atoms with E-state index in [-0.39, 0.29) is 30.6 Å². The van der Waals surface area contributed by atoms with Crippen molar-refractivity contribution >= 4 is 34.1 Å². The smallest absolute Gasteiger partial charge is 0.272 e. The Morgan fingerprint density at radius 1 is 1.12 bits per heavy atom. The Hall–Kier alpha value is -4.27. The van der Waals surface area contributed by atoms with Gasteiger partial charge in [0.2, 0.25) is 5.88 Å². The second-order valence-electron chi connectivity index (χ2n) is 7.69. The number of anilines is 2. The summed E-state index contributed by atoms with van der Waals surface area (Å²) in [7, 11) is 1.60. The quantitative estimate of drug-likeness (QED) is 0.513. The van der Waals surface area contributed by atoms with E-state index in [1.807, 2.05) is 0 Å². The highest BCUT2D eigenvalue weighted by atomic mass is 19.1. The summed E-state index contributed by atoms with van der Waals surface area (Å²) in [5, 5.41) is 3.31. The normalized spacial score (nSPS) is 13.1. The number of benzene rings is 2. The molecule has 0 radical (unpaired) electrons. The van der Waals surface area contributed by atoms with Gasteiger partial charge in [0, 0.05) is 24.5 Å². The lowest BCUT2D eigenvalue weighted by molar-refractivity contribution is -0.121. The van der Waals surface area contributed by atoms with Crippen LogP contribution in [0.2, 0.25) is 0 Å². The first-order valence-electron chi connectivity index (χ1n) is 10.1. The summed E-state index contributed by atoms with van der Waals surface area (Å²) in [4.78, 5) is 30.7. The molecule has 1 aliphatic rings. The zero-order chi connectivity index (χ0) is 23.1. The van der Waals surface area contributed by atoms with Gasteiger partial charge in [-0.1, -0.05) is 12.1 Å². The first-order chi connectivity index (χ1) is 15.9. The van der Waals surface area contributed by atoms with Crippen LogP contribution in [0.4, 0.5) is 20.2 Å². The SMILES string of the molecule is CN1C(=O)COc2ncc(NC(=O)c3cc4cc(F)ccc4n3Cc3cccc(F)c3)cc21. The van der Waals surface area contributed by atoms with Crippen LogP contribution in [0.1, 0.15) is 16.1 Å². The fourth-order valence-electron chi connectivity index (χ4n) is 3.83. The zero-order valence-electron chi connectivity index (χ0n) is 17.5. The highest BCUT2D eigenvalue weighted by molar-refractivity contribution is 6.07. The van der Waals surface area contributed by atoms with Crippen LogP contribution in [0.25, 0.3) is 10.9 Å². The van der Waals surface area contributed by atoms with Gasteiger partial charge < -0.3 is 19.5 Å². The second kappa shape index (κ2) is 8.01. The number of nitrogens with one attached hydrogen (secondary N) is 1. The lowest BCUT2D eigenvalue weighted by Crippen LogP contribution is -2.35. The minimum atomic E-state index is -0.463. The standard InChI is InChI=1S/C24H18F2N4O3/c1-29-21-10-18(11-27-24(21)33-13-22(29)31)28-23(32)20-9-15-8-17(26)5-6-19(15)30(20)12-14-3-2-4-16(25)7-14/h2-11H,12-13H2,1H3,(H,28,32). The van der Waals surface area contributed by atoms with Gasteiger partial charge in [-0.05, 0) is 48.0 Å². The summed E-state index contributed by atoms with van der Waals surface area (Å²) >= 11 is 0. The molecule has 1 aliphatic heterocycles. The zero-order valence-corrected chi connectivity index (χ0v) is 17.5. The molecule has 0 aliphatic carbocycles. The maximum atomic E-state index is 13.8. The van der Waals surface area contributed by atoms with E-state index in [9.17, 15) is 18.4 Å². The third-order valence-corrected chi connectivity index (χ3v) is 5.48. The number of ether oxygens (including phenoxy) is 1. The fraction of sp³-hybridized carbons (Fsp3) is 0.125. The molecule has 7 nitrogen and oxygen atoms in total. The van der Waals surface area contributed by atoms with Crippen molar-refractivity contribution in [3.05, 3.63) is 83.7 Å². The summed E-state index contributed by atoms with van der Waals surface area (Å²) in [5.41, 5.74) is 2.34. The topological polar surface area (TPSA) is 76.5 Å². The molecule has 166 valence electrons. The molecule has 2 amide bonds. The molecule has 0 unspecified atom stereocenters. The average Bonchev–Trinajstić information content (AvgIpc) is 3.14. The Morgan fingerprint density at radius 3 is 2.76 bits per heavy atom. The molecule has 33 heavy (non-hydrogen) atoms. The van der Waals surface area contributed by atoms with Gasteiger partial charge in [0.25, 0.3) is 11.8 Å². The highest BCUT2D eigenvalue weighted by Crippen LogP contribution is 2.31. The average molecular weight is 448 g/mol. The number of hydrogen-bond donors (Lipinski definition) is 1. The van der Waals surface area contributed by atoms with Gasteiger partial charge in [-0.25, -0.2) is 13.8 Å². The van der Waals surface area contributed by atoms with Crippen molar-refractivity contribution in [3.8, 4) is 5.88 Å². The molecule has 4 aromatic rings. The summed E-state index contributed by atoms with van der Waals surface area (Å²) < 4.78 is 34.6. The number of aromatic nitrogens is 2. The van der Waals surface area contributed by atoms with E-state index in [1.54, 1.807) is 41.9 Å². The van der Waals surface area contributed by atoms with Crippen LogP contribution in [-0.4, -0.2) is 35.0 Å². The van der Waals surface area contributed by atoms with Crippen molar-refractivity contribution in [2.45, 2.75) is 6.54 Å². The van der Waals surface area contributed by atoms with Crippen LogP contribution in [0.3, 0.4) is 0 Å². The summed E-state index contributed by atoms with van der Waals surface area (Å²) in [6.07, 6.45) is 1.43. The van der Waals surface area contributed by atoms with Crippen molar-refractivity contribution in [1.29, 1.82) is 0 Å². The molecule has 1 N–H and O–H groups in total. The minimum Gasteiger partial charge on any atom is -0.466 e. The lowest BCUT2D eigenvalue weighted by Gasteiger charge is -2.25. The number of pyridine rings is 1. The van der Waals surface area contributed by atoms with Crippen molar-refractivity contribution < 1.29 is 23.1 Å². The lowest BCUT2D eigenvalue weighted by atomic mass is 10.2. The number of nitrogens with zero attached hydrogens (tertiary/aromatic N) is 3. The monoisotopic (exact) mass is 448 g/mol. The summed E-state index contributed by atoms with van der Waals surface area (Å²) in [5.74, 6) is -1.21. The highest BCUT2D eigenvalue weighted by Gasteiger charge is 2.24. The molecule has 0 saturated heterocycles. The Bertz CT molecular complexity index is 1420. The molecule has 0 spiro atoms. The molecule has 9 heteroatoms. The van der Waals surface area contributed by atoms with Crippen LogP contribution >= 0.6 is 0 Å². The van der Waals surface area contributed by atoms with E-state index in [0.29, 0.717) is 33.7 Å². The van der Waals surface area contributed by atoms with Gasteiger partial charge in [-0.2, -0.15) is 0 Å². The van der Waals surface area contributed by atoms with E-state index in [4.69, 9.17) is 4.74 Å². The van der Waals surface area contributed by atoms with Gasteiger partial charge in [0.1, 0.15) is 23.0 Å². The van der Waals surface area contributed by atoms with Crippen LogP contribution in [0.15, 0.2) is 60.8 Å². The summed E-state index contributed by atoms with van der Waals surface area (Å²) in [6.45, 7) is 0.113. The van der Waals surface area contributed by atoms with Crippen LogP contribution in [-0.2, 0) is 11.3 Å². The molecule has 0 saturated carbocycles. The maximum Gasteiger partial charge on any atom is 0.272 e. The number of amides is 2. The van der Waals surface area contributed by atoms with Gasteiger partial charge in [0.05, 0.1) is 11.9 Å². The number of hydrogen-bond acceptors (Lipinski definition) is 4. The van der Waals surface area contributed by atoms with Crippen molar-refractivity contribution in [1.82, 2.24) is 9.55 Å². The van der Waals surface area contributed by atoms with Gasteiger partial charge >= 0.3 is 0 Å². The van der Waals surface area contributed by atoms with E-state index < -0.39 is 11.7 Å².